The van der Waals surface area contributed by atoms with Crippen molar-refractivity contribution >= 4 is 17.7 Å². The maximum absolute atomic E-state index is 10.5. The minimum Gasteiger partial charge on any atom is -0.466 e. The lowest BCUT2D eigenvalue weighted by Gasteiger charge is -1.98. The van der Waals surface area contributed by atoms with E-state index in [1.165, 1.54) is 0 Å². The highest BCUT2D eigenvalue weighted by Gasteiger charge is 2.05. The standard InChI is InChI=1S/C6H11NO2.C6H12O2/c1-3-5(7)6(8)9-4-2;1-3-5-6(7)8-4-2/h7H,3-4H2,1-2H3;3-5H2,1-2H3. The third kappa shape index (κ3) is 12.5. The molecule has 0 radical (unpaired) electrons. The zero-order valence-corrected chi connectivity index (χ0v) is 11.2. The van der Waals surface area contributed by atoms with Gasteiger partial charge in [0.25, 0.3) is 0 Å². The maximum Gasteiger partial charge on any atom is 0.351 e. The molecule has 0 spiro atoms. The molecule has 0 saturated heterocycles. The molecule has 1 N–H and O–H groups in total. The summed E-state index contributed by atoms with van der Waals surface area (Å²) in [4.78, 5) is 20.9. The van der Waals surface area contributed by atoms with Crippen LogP contribution in [0, 0.1) is 5.41 Å². The van der Waals surface area contributed by atoms with Crippen molar-refractivity contribution in [3.05, 3.63) is 0 Å². The predicted molar refractivity (Wildman–Crippen MR) is 66.2 cm³/mol. The van der Waals surface area contributed by atoms with Gasteiger partial charge < -0.3 is 9.47 Å². The third-order valence-electron chi connectivity index (χ3n) is 1.63. The van der Waals surface area contributed by atoms with E-state index in [2.05, 4.69) is 9.47 Å². The molecule has 0 rings (SSSR count). The average molecular weight is 245 g/mol. The fourth-order valence-corrected chi connectivity index (χ4v) is 0.800. The first-order valence-corrected chi connectivity index (χ1v) is 5.93. The Hall–Kier alpha value is -1.39. The molecule has 5 heteroatoms. The third-order valence-corrected chi connectivity index (χ3v) is 1.63. The van der Waals surface area contributed by atoms with Gasteiger partial charge >= 0.3 is 11.9 Å². The second-order valence-corrected chi connectivity index (χ2v) is 3.11. The van der Waals surface area contributed by atoms with Crippen molar-refractivity contribution in [3.8, 4) is 0 Å². The van der Waals surface area contributed by atoms with Crippen molar-refractivity contribution in [2.75, 3.05) is 13.2 Å². The first-order valence-electron chi connectivity index (χ1n) is 5.93. The second kappa shape index (κ2) is 12.7. The van der Waals surface area contributed by atoms with Gasteiger partial charge in [-0.1, -0.05) is 13.8 Å². The Balaban J connectivity index is 0. The minimum absolute atomic E-state index is 0.0388. The summed E-state index contributed by atoms with van der Waals surface area (Å²) in [6.45, 7) is 8.09. The van der Waals surface area contributed by atoms with Crippen LogP contribution in [0.5, 0.6) is 0 Å². The molecular formula is C12H23NO4. The van der Waals surface area contributed by atoms with Gasteiger partial charge in [0, 0.05) is 6.42 Å². The zero-order valence-electron chi connectivity index (χ0n) is 11.2. The van der Waals surface area contributed by atoms with Gasteiger partial charge in [0.15, 0.2) is 0 Å². The summed E-state index contributed by atoms with van der Waals surface area (Å²) in [6.07, 6.45) is 1.87. The Bertz CT molecular complexity index is 231. The Morgan fingerprint density at radius 1 is 1.00 bits per heavy atom. The van der Waals surface area contributed by atoms with Crippen molar-refractivity contribution in [2.24, 2.45) is 0 Å². The summed E-state index contributed by atoms with van der Waals surface area (Å²) in [5.41, 5.74) is 0.0388. The van der Waals surface area contributed by atoms with Gasteiger partial charge in [0.05, 0.1) is 13.2 Å². The Kier molecular flexibility index (Phi) is 13.4. The second-order valence-electron chi connectivity index (χ2n) is 3.11. The van der Waals surface area contributed by atoms with E-state index < -0.39 is 5.97 Å². The molecule has 0 unspecified atom stereocenters. The Morgan fingerprint density at radius 2 is 1.53 bits per heavy atom. The molecule has 0 saturated carbocycles. The molecule has 0 aromatic heterocycles. The molecule has 0 atom stereocenters. The SMILES string of the molecule is CCCC(=O)OCC.CCOC(=O)C(=N)CC. The molecule has 0 fully saturated rings. The molecule has 100 valence electrons. The molecule has 0 aromatic carbocycles. The molecule has 0 bridgehead atoms. The van der Waals surface area contributed by atoms with Crippen LogP contribution in [0.25, 0.3) is 0 Å². The summed E-state index contributed by atoms with van der Waals surface area (Å²) in [7, 11) is 0. The van der Waals surface area contributed by atoms with E-state index in [0.29, 0.717) is 26.1 Å². The van der Waals surface area contributed by atoms with Gasteiger partial charge in [0.1, 0.15) is 5.71 Å². The number of hydrogen-bond donors (Lipinski definition) is 1. The van der Waals surface area contributed by atoms with Crippen LogP contribution >= 0.6 is 0 Å². The van der Waals surface area contributed by atoms with Crippen LogP contribution in [-0.2, 0) is 19.1 Å². The summed E-state index contributed by atoms with van der Waals surface area (Å²) in [5.74, 6) is -0.588. The first-order chi connectivity index (χ1) is 8.03. The van der Waals surface area contributed by atoms with Crippen LogP contribution in [0.2, 0.25) is 0 Å². The van der Waals surface area contributed by atoms with E-state index in [1.54, 1.807) is 13.8 Å². The lowest BCUT2D eigenvalue weighted by atomic mass is 10.3. The maximum atomic E-state index is 10.5. The largest absolute Gasteiger partial charge is 0.466 e. The van der Waals surface area contributed by atoms with E-state index in [4.69, 9.17) is 5.41 Å². The number of esters is 2. The van der Waals surface area contributed by atoms with Gasteiger partial charge in [-0.25, -0.2) is 4.79 Å². The molecule has 5 nitrogen and oxygen atoms in total. The van der Waals surface area contributed by atoms with E-state index >= 15 is 0 Å². The monoisotopic (exact) mass is 245 g/mol. The molecule has 0 aliphatic heterocycles. The van der Waals surface area contributed by atoms with Crippen LogP contribution in [0.3, 0.4) is 0 Å². The molecule has 0 aromatic rings. The topological polar surface area (TPSA) is 76.5 Å². The fourth-order valence-electron chi connectivity index (χ4n) is 0.800. The van der Waals surface area contributed by atoms with Crippen LogP contribution in [-0.4, -0.2) is 30.9 Å². The normalized spacial score (nSPS) is 8.71. The molecule has 0 heterocycles. The van der Waals surface area contributed by atoms with Crippen molar-refractivity contribution in [1.82, 2.24) is 0 Å². The molecular weight excluding hydrogens is 222 g/mol. The van der Waals surface area contributed by atoms with Gasteiger partial charge in [-0.3, -0.25) is 10.2 Å². The average Bonchev–Trinajstić information content (AvgIpc) is 2.30. The van der Waals surface area contributed by atoms with E-state index in [-0.39, 0.29) is 11.7 Å². The zero-order chi connectivity index (χ0) is 13.7. The quantitative estimate of drug-likeness (QED) is 0.575. The number of carbonyl (C=O) groups excluding carboxylic acids is 2. The van der Waals surface area contributed by atoms with Gasteiger partial charge in [-0.05, 0) is 26.7 Å². The molecule has 0 amide bonds. The summed E-state index contributed by atoms with van der Waals surface area (Å²) < 4.78 is 9.17. The summed E-state index contributed by atoms with van der Waals surface area (Å²) in [6, 6.07) is 0. The van der Waals surface area contributed by atoms with E-state index in [0.717, 1.165) is 6.42 Å². The summed E-state index contributed by atoms with van der Waals surface area (Å²) in [5, 5.41) is 6.97. The van der Waals surface area contributed by atoms with Crippen LogP contribution in [0.4, 0.5) is 0 Å². The highest BCUT2D eigenvalue weighted by atomic mass is 16.5. The lowest BCUT2D eigenvalue weighted by molar-refractivity contribution is -0.143. The number of ether oxygens (including phenoxy) is 2. The summed E-state index contributed by atoms with van der Waals surface area (Å²) >= 11 is 0. The van der Waals surface area contributed by atoms with Crippen LogP contribution < -0.4 is 0 Å². The van der Waals surface area contributed by atoms with Crippen LogP contribution in [0.15, 0.2) is 0 Å². The van der Waals surface area contributed by atoms with Crippen molar-refractivity contribution in [2.45, 2.75) is 47.0 Å². The highest BCUT2D eigenvalue weighted by Crippen LogP contribution is 1.89. The lowest BCUT2D eigenvalue weighted by Crippen LogP contribution is -2.14. The van der Waals surface area contributed by atoms with Crippen LogP contribution in [0.1, 0.15) is 47.0 Å². The number of rotatable bonds is 6. The van der Waals surface area contributed by atoms with E-state index in [9.17, 15) is 9.59 Å². The Morgan fingerprint density at radius 3 is 1.88 bits per heavy atom. The van der Waals surface area contributed by atoms with Gasteiger partial charge in [0.2, 0.25) is 0 Å². The Labute approximate surface area is 103 Å². The van der Waals surface area contributed by atoms with Crippen molar-refractivity contribution in [1.29, 1.82) is 5.41 Å². The molecule has 0 aliphatic rings. The van der Waals surface area contributed by atoms with Crippen molar-refractivity contribution < 1.29 is 19.1 Å². The number of hydrogen-bond acceptors (Lipinski definition) is 5. The predicted octanol–water partition coefficient (Wildman–Crippen LogP) is 2.33. The smallest absolute Gasteiger partial charge is 0.351 e. The van der Waals surface area contributed by atoms with Gasteiger partial charge in [-0.15, -0.1) is 0 Å². The highest BCUT2D eigenvalue weighted by molar-refractivity contribution is 6.34. The van der Waals surface area contributed by atoms with E-state index in [1.807, 2.05) is 13.8 Å². The first kappa shape index (κ1) is 18.0. The molecule has 0 aliphatic carbocycles. The minimum atomic E-state index is -0.500. The fraction of sp³-hybridized carbons (Fsp3) is 0.750. The molecule has 17 heavy (non-hydrogen) atoms. The number of nitrogens with one attached hydrogen (secondary N) is 1. The van der Waals surface area contributed by atoms with Crippen molar-refractivity contribution in [3.63, 3.8) is 0 Å². The number of carbonyl (C=O) groups is 2. The van der Waals surface area contributed by atoms with Gasteiger partial charge in [-0.2, -0.15) is 0 Å².